The van der Waals surface area contributed by atoms with E-state index < -0.39 is 17.9 Å². The molecule has 1 unspecified atom stereocenters. The second-order valence-corrected chi connectivity index (χ2v) is 5.55. The predicted octanol–water partition coefficient (Wildman–Crippen LogP) is 1.79. The molecule has 128 valence electrons. The number of aryl methyl sites for hydroxylation is 1. The van der Waals surface area contributed by atoms with Crippen molar-refractivity contribution < 1.29 is 23.9 Å². The molecule has 2 aromatic rings. The lowest BCUT2D eigenvalue weighted by atomic mass is 10.1. The van der Waals surface area contributed by atoms with E-state index in [2.05, 4.69) is 5.32 Å². The van der Waals surface area contributed by atoms with Crippen molar-refractivity contribution in [2.24, 2.45) is 0 Å². The Morgan fingerprint density at radius 3 is 2.54 bits per heavy atom. The second kappa shape index (κ2) is 7.16. The number of para-hydroxylation sites is 1. The van der Waals surface area contributed by atoms with Crippen LogP contribution in [-0.4, -0.2) is 46.9 Å². The SMILES string of the molecule is CC(=O)NCCN(C(=O)c1oc2ccccc2c1C)C(C)C(=O)O. The zero-order chi connectivity index (χ0) is 17.9. The van der Waals surface area contributed by atoms with E-state index in [1.807, 2.05) is 12.1 Å². The van der Waals surface area contributed by atoms with E-state index in [1.165, 1.54) is 18.7 Å². The van der Waals surface area contributed by atoms with Gasteiger partial charge >= 0.3 is 5.97 Å². The molecule has 0 aliphatic rings. The molecule has 0 radical (unpaired) electrons. The van der Waals surface area contributed by atoms with Crippen LogP contribution in [0.15, 0.2) is 28.7 Å². The van der Waals surface area contributed by atoms with Crippen molar-refractivity contribution in [2.75, 3.05) is 13.1 Å². The summed E-state index contributed by atoms with van der Waals surface area (Å²) in [7, 11) is 0. The Kier molecular flexibility index (Phi) is 5.23. The van der Waals surface area contributed by atoms with Crippen molar-refractivity contribution in [3.63, 3.8) is 0 Å². The van der Waals surface area contributed by atoms with Gasteiger partial charge in [-0.3, -0.25) is 9.59 Å². The summed E-state index contributed by atoms with van der Waals surface area (Å²) in [6, 6.07) is 6.19. The number of carbonyl (C=O) groups is 3. The van der Waals surface area contributed by atoms with Gasteiger partial charge in [0.15, 0.2) is 5.76 Å². The molecule has 0 aliphatic carbocycles. The minimum Gasteiger partial charge on any atom is -0.480 e. The Labute approximate surface area is 139 Å². The minimum atomic E-state index is -1.13. The lowest BCUT2D eigenvalue weighted by Crippen LogP contribution is -2.46. The second-order valence-electron chi connectivity index (χ2n) is 5.55. The highest BCUT2D eigenvalue weighted by atomic mass is 16.4. The number of fused-ring (bicyclic) bond motifs is 1. The Morgan fingerprint density at radius 2 is 1.96 bits per heavy atom. The topological polar surface area (TPSA) is 99.9 Å². The van der Waals surface area contributed by atoms with Crippen LogP contribution in [0.2, 0.25) is 0 Å². The van der Waals surface area contributed by atoms with E-state index in [0.717, 1.165) is 5.39 Å². The first kappa shape index (κ1) is 17.5. The number of carboxylic acid groups (broad SMARTS) is 1. The monoisotopic (exact) mass is 332 g/mol. The van der Waals surface area contributed by atoms with Crippen molar-refractivity contribution in [1.82, 2.24) is 10.2 Å². The lowest BCUT2D eigenvalue weighted by Gasteiger charge is -2.26. The summed E-state index contributed by atoms with van der Waals surface area (Å²) >= 11 is 0. The molecule has 0 fully saturated rings. The normalized spacial score (nSPS) is 12.0. The minimum absolute atomic E-state index is 0.0718. The molecule has 1 aromatic heterocycles. The number of aliphatic carboxylic acids is 1. The molecule has 0 saturated heterocycles. The van der Waals surface area contributed by atoms with Gasteiger partial charge in [0.2, 0.25) is 5.91 Å². The third-order valence-electron chi connectivity index (χ3n) is 3.85. The average molecular weight is 332 g/mol. The summed E-state index contributed by atoms with van der Waals surface area (Å²) in [5.74, 6) is -1.76. The number of hydrogen-bond acceptors (Lipinski definition) is 4. The standard InChI is InChI=1S/C17H20N2O5/c1-10-13-6-4-5-7-14(13)24-15(10)16(21)19(11(2)17(22)23)9-8-18-12(3)20/h4-7,11H,8-9H2,1-3H3,(H,18,20)(H,22,23). The molecule has 0 saturated carbocycles. The first-order valence-electron chi connectivity index (χ1n) is 7.59. The van der Waals surface area contributed by atoms with Crippen LogP contribution >= 0.6 is 0 Å². The molecule has 0 bridgehead atoms. The van der Waals surface area contributed by atoms with E-state index in [9.17, 15) is 19.5 Å². The number of benzene rings is 1. The van der Waals surface area contributed by atoms with E-state index >= 15 is 0 Å². The molecule has 2 amide bonds. The summed E-state index contributed by atoms with van der Waals surface area (Å²) in [5, 5.41) is 12.6. The van der Waals surface area contributed by atoms with Gasteiger partial charge in [0.05, 0.1) is 0 Å². The zero-order valence-corrected chi connectivity index (χ0v) is 13.8. The molecule has 2 rings (SSSR count). The van der Waals surface area contributed by atoms with Crippen LogP contribution in [0.5, 0.6) is 0 Å². The van der Waals surface area contributed by atoms with Crippen LogP contribution in [0.3, 0.4) is 0 Å². The van der Waals surface area contributed by atoms with E-state index in [1.54, 1.807) is 19.1 Å². The first-order chi connectivity index (χ1) is 11.3. The molecule has 7 heteroatoms. The van der Waals surface area contributed by atoms with Crippen LogP contribution in [0, 0.1) is 6.92 Å². The maximum Gasteiger partial charge on any atom is 0.326 e. The molecule has 0 aliphatic heterocycles. The fourth-order valence-electron chi connectivity index (χ4n) is 2.47. The van der Waals surface area contributed by atoms with Crippen molar-refractivity contribution in [3.05, 3.63) is 35.6 Å². The van der Waals surface area contributed by atoms with E-state index in [0.29, 0.717) is 11.1 Å². The first-order valence-corrected chi connectivity index (χ1v) is 7.59. The molecular formula is C17H20N2O5. The number of hydrogen-bond donors (Lipinski definition) is 2. The van der Waals surface area contributed by atoms with E-state index in [4.69, 9.17) is 4.42 Å². The van der Waals surface area contributed by atoms with Gasteiger partial charge in [0.1, 0.15) is 11.6 Å². The third kappa shape index (κ3) is 3.56. The average Bonchev–Trinajstić information content (AvgIpc) is 2.87. The Hall–Kier alpha value is -2.83. The Balaban J connectivity index is 2.32. The number of rotatable bonds is 6. The van der Waals surface area contributed by atoms with Crippen LogP contribution in [0.4, 0.5) is 0 Å². The molecule has 7 nitrogen and oxygen atoms in total. The van der Waals surface area contributed by atoms with Crippen molar-refractivity contribution in [1.29, 1.82) is 0 Å². The summed E-state index contributed by atoms with van der Waals surface area (Å²) in [6.07, 6.45) is 0. The highest BCUT2D eigenvalue weighted by Gasteiger charge is 2.30. The largest absolute Gasteiger partial charge is 0.480 e. The van der Waals surface area contributed by atoms with Gasteiger partial charge in [-0.15, -0.1) is 0 Å². The summed E-state index contributed by atoms with van der Waals surface area (Å²) in [4.78, 5) is 36.3. The summed E-state index contributed by atoms with van der Waals surface area (Å²) < 4.78 is 5.63. The van der Waals surface area contributed by atoms with Gasteiger partial charge in [-0.2, -0.15) is 0 Å². The van der Waals surface area contributed by atoms with Crippen LogP contribution in [0.25, 0.3) is 11.0 Å². The number of carboxylic acids is 1. The lowest BCUT2D eigenvalue weighted by molar-refractivity contribution is -0.141. The Morgan fingerprint density at radius 1 is 1.29 bits per heavy atom. The van der Waals surface area contributed by atoms with Gasteiger partial charge in [-0.25, -0.2) is 4.79 Å². The van der Waals surface area contributed by atoms with Gasteiger partial charge < -0.3 is 19.7 Å². The fourth-order valence-corrected chi connectivity index (χ4v) is 2.47. The number of nitrogens with zero attached hydrogens (tertiary/aromatic N) is 1. The molecular weight excluding hydrogens is 312 g/mol. The van der Waals surface area contributed by atoms with Gasteiger partial charge in [-0.05, 0) is 19.9 Å². The zero-order valence-electron chi connectivity index (χ0n) is 13.8. The molecule has 0 spiro atoms. The van der Waals surface area contributed by atoms with E-state index in [-0.39, 0.29) is 24.8 Å². The summed E-state index contributed by atoms with van der Waals surface area (Å²) in [5.41, 5.74) is 1.24. The summed E-state index contributed by atoms with van der Waals surface area (Å²) in [6.45, 7) is 4.78. The predicted molar refractivity (Wildman–Crippen MR) is 87.8 cm³/mol. The molecule has 1 aromatic carbocycles. The van der Waals surface area contributed by atoms with Crippen LogP contribution < -0.4 is 5.32 Å². The molecule has 1 atom stereocenters. The van der Waals surface area contributed by atoms with Crippen molar-refractivity contribution in [3.8, 4) is 0 Å². The quantitative estimate of drug-likeness (QED) is 0.840. The third-order valence-corrected chi connectivity index (χ3v) is 3.85. The maximum absolute atomic E-state index is 12.8. The fraction of sp³-hybridized carbons (Fsp3) is 0.353. The van der Waals surface area contributed by atoms with Crippen LogP contribution in [0.1, 0.15) is 30.0 Å². The highest BCUT2D eigenvalue weighted by Crippen LogP contribution is 2.26. The number of amides is 2. The van der Waals surface area contributed by atoms with Gasteiger partial charge in [0, 0.05) is 31.0 Å². The Bertz CT molecular complexity index is 780. The highest BCUT2D eigenvalue weighted by molar-refractivity contribution is 6.00. The molecule has 24 heavy (non-hydrogen) atoms. The number of furan rings is 1. The molecule has 2 N–H and O–H groups in total. The number of nitrogens with one attached hydrogen (secondary N) is 1. The maximum atomic E-state index is 12.8. The van der Waals surface area contributed by atoms with Gasteiger partial charge in [0.25, 0.3) is 5.91 Å². The smallest absolute Gasteiger partial charge is 0.326 e. The van der Waals surface area contributed by atoms with Crippen molar-refractivity contribution >= 4 is 28.8 Å². The van der Waals surface area contributed by atoms with Gasteiger partial charge in [-0.1, -0.05) is 18.2 Å². The van der Waals surface area contributed by atoms with Crippen LogP contribution in [-0.2, 0) is 9.59 Å². The van der Waals surface area contributed by atoms with Crippen molar-refractivity contribution in [2.45, 2.75) is 26.8 Å². The number of carbonyl (C=O) groups excluding carboxylic acids is 2. The molecule has 1 heterocycles.